The molecule has 0 aliphatic rings. The van der Waals surface area contributed by atoms with Crippen molar-refractivity contribution < 1.29 is 4.74 Å². The number of hydrogen-bond acceptors (Lipinski definition) is 3. The number of aliphatic imine (C=N–C) groups is 1. The lowest BCUT2D eigenvalue weighted by Gasteiger charge is -2.17. The maximum absolute atomic E-state index is 5.21. The van der Waals surface area contributed by atoms with E-state index in [2.05, 4.69) is 82.6 Å². The van der Waals surface area contributed by atoms with Gasteiger partial charge in [-0.25, -0.2) is 9.98 Å². The molecule has 1 atom stereocenters. The topological polar surface area (TPSA) is 63.5 Å². The molecule has 0 saturated heterocycles. The number of rotatable bonds is 9. The summed E-state index contributed by atoms with van der Waals surface area (Å²) in [5, 5.41) is 6.69. The summed E-state index contributed by atoms with van der Waals surface area (Å²) < 4.78 is 7.28. The number of guanidine groups is 1. The second-order valence-electron chi connectivity index (χ2n) is 7.28. The first-order valence-electron chi connectivity index (χ1n) is 10.4. The summed E-state index contributed by atoms with van der Waals surface area (Å²) in [4.78, 5) is 8.89. The molecule has 2 aromatic carbocycles. The Balaban J connectivity index is 0.00000341. The predicted molar refractivity (Wildman–Crippen MR) is 138 cm³/mol. The molecule has 6 nitrogen and oxygen atoms in total. The van der Waals surface area contributed by atoms with Gasteiger partial charge in [-0.15, -0.1) is 24.0 Å². The molecule has 31 heavy (non-hydrogen) atoms. The minimum absolute atomic E-state index is 0. The quantitative estimate of drug-likeness (QED) is 0.245. The molecule has 0 spiro atoms. The van der Waals surface area contributed by atoms with Crippen LogP contribution in [-0.4, -0.2) is 41.8 Å². The van der Waals surface area contributed by atoms with Crippen molar-refractivity contribution in [2.75, 3.05) is 20.3 Å². The lowest BCUT2D eigenvalue weighted by atomic mass is 9.98. The lowest BCUT2D eigenvalue weighted by Crippen LogP contribution is -2.43. The van der Waals surface area contributed by atoms with Gasteiger partial charge in [0.25, 0.3) is 0 Å². The van der Waals surface area contributed by atoms with Crippen LogP contribution in [0, 0.1) is 0 Å². The molecule has 0 aliphatic carbocycles. The molecule has 2 N–H and O–H groups in total. The second kappa shape index (κ2) is 13.1. The van der Waals surface area contributed by atoms with Gasteiger partial charge in [0, 0.05) is 38.6 Å². The number of nitrogens with one attached hydrogen (secondary N) is 2. The number of imidazole rings is 1. The largest absolute Gasteiger partial charge is 0.383 e. The van der Waals surface area contributed by atoms with Gasteiger partial charge in [0.2, 0.25) is 0 Å². The summed E-state index contributed by atoms with van der Waals surface area (Å²) in [5.41, 5.74) is 4.84. The van der Waals surface area contributed by atoms with E-state index in [1.165, 1.54) is 22.3 Å². The van der Waals surface area contributed by atoms with Crippen LogP contribution in [0.4, 0.5) is 0 Å². The molecule has 166 valence electrons. The van der Waals surface area contributed by atoms with Crippen molar-refractivity contribution in [2.24, 2.45) is 4.99 Å². The van der Waals surface area contributed by atoms with Crippen molar-refractivity contribution in [1.82, 2.24) is 20.2 Å². The molecule has 0 bridgehead atoms. The van der Waals surface area contributed by atoms with Crippen molar-refractivity contribution in [1.29, 1.82) is 0 Å². The van der Waals surface area contributed by atoms with Gasteiger partial charge < -0.3 is 19.9 Å². The van der Waals surface area contributed by atoms with E-state index in [0.717, 1.165) is 19.0 Å². The van der Waals surface area contributed by atoms with E-state index < -0.39 is 0 Å². The minimum Gasteiger partial charge on any atom is -0.383 e. The van der Waals surface area contributed by atoms with Crippen LogP contribution >= 0.6 is 24.0 Å². The number of methoxy groups -OCH3 is 1. The molecule has 3 aromatic rings. The number of benzene rings is 2. The Morgan fingerprint density at radius 3 is 2.61 bits per heavy atom. The van der Waals surface area contributed by atoms with E-state index >= 15 is 0 Å². The Hall–Kier alpha value is -2.39. The summed E-state index contributed by atoms with van der Waals surface area (Å²) in [6, 6.07) is 17.3. The molecule has 1 unspecified atom stereocenters. The average molecular weight is 533 g/mol. The van der Waals surface area contributed by atoms with E-state index in [-0.39, 0.29) is 30.0 Å². The highest BCUT2D eigenvalue weighted by Crippen LogP contribution is 2.25. The molecule has 0 saturated carbocycles. The van der Waals surface area contributed by atoms with Crippen LogP contribution in [0.1, 0.15) is 25.0 Å². The highest BCUT2D eigenvalue weighted by atomic mass is 127. The van der Waals surface area contributed by atoms with Crippen LogP contribution in [0.3, 0.4) is 0 Å². The first-order valence-corrected chi connectivity index (χ1v) is 10.4. The fourth-order valence-electron chi connectivity index (χ4n) is 3.33. The normalized spacial score (nSPS) is 12.2. The summed E-state index contributed by atoms with van der Waals surface area (Å²) in [6.07, 6.45) is 5.62. The van der Waals surface area contributed by atoms with Gasteiger partial charge >= 0.3 is 0 Å². The summed E-state index contributed by atoms with van der Waals surface area (Å²) in [7, 11) is 1.71. The van der Waals surface area contributed by atoms with E-state index in [0.29, 0.717) is 13.2 Å². The molecular weight excluding hydrogens is 501 g/mol. The Morgan fingerprint density at radius 2 is 1.94 bits per heavy atom. The molecule has 7 heteroatoms. The second-order valence-corrected chi connectivity index (χ2v) is 7.28. The first kappa shape index (κ1) is 24.9. The van der Waals surface area contributed by atoms with Crippen LogP contribution in [0.2, 0.25) is 0 Å². The third-order valence-electron chi connectivity index (χ3n) is 4.76. The maximum Gasteiger partial charge on any atom is 0.191 e. The molecular formula is C24H32IN5O. The Morgan fingerprint density at radius 1 is 1.16 bits per heavy atom. The third kappa shape index (κ3) is 7.66. The van der Waals surface area contributed by atoms with Crippen molar-refractivity contribution in [3.8, 4) is 11.1 Å². The van der Waals surface area contributed by atoms with E-state index in [4.69, 9.17) is 9.73 Å². The number of hydrogen-bond donors (Lipinski definition) is 2. The highest BCUT2D eigenvalue weighted by Gasteiger charge is 2.07. The monoisotopic (exact) mass is 533 g/mol. The molecule has 3 rings (SSSR count). The van der Waals surface area contributed by atoms with Crippen LogP contribution in [-0.2, 0) is 17.8 Å². The van der Waals surface area contributed by atoms with Crippen LogP contribution in [0.25, 0.3) is 11.1 Å². The fraction of sp³-hybridized carbons (Fsp3) is 0.333. The van der Waals surface area contributed by atoms with Crippen LogP contribution in [0.5, 0.6) is 0 Å². The minimum atomic E-state index is 0. The van der Waals surface area contributed by atoms with E-state index in [1.54, 1.807) is 13.3 Å². The van der Waals surface area contributed by atoms with Gasteiger partial charge in [-0.05, 0) is 36.1 Å². The van der Waals surface area contributed by atoms with Crippen molar-refractivity contribution in [3.05, 3.63) is 78.4 Å². The van der Waals surface area contributed by atoms with Gasteiger partial charge in [0.05, 0.1) is 19.5 Å². The Bertz CT molecular complexity index is 925. The maximum atomic E-state index is 5.21. The van der Waals surface area contributed by atoms with E-state index in [1.807, 2.05) is 12.5 Å². The Kier molecular flexibility index (Phi) is 10.5. The smallest absolute Gasteiger partial charge is 0.191 e. The Labute approximate surface area is 202 Å². The van der Waals surface area contributed by atoms with Gasteiger partial charge in [-0.3, -0.25) is 0 Å². The molecule has 1 heterocycles. The molecule has 0 aliphatic heterocycles. The number of halogens is 1. The third-order valence-corrected chi connectivity index (χ3v) is 4.76. The zero-order valence-electron chi connectivity index (χ0n) is 18.4. The number of aromatic nitrogens is 2. The van der Waals surface area contributed by atoms with Crippen molar-refractivity contribution in [2.45, 2.75) is 33.0 Å². The summed E-state index contributed by atoms with van der Waals surface area (Å²) in [5.74, 6) is 0.799. The standard InChI is InChI=1S/C24H31N5O.HI/c1-4-26-24(28-19(2)17-30-3)27-15-22-7-5-6-8-23(22)21-11-9-20(10-12-21)16-29-14-13-25-18-29;/h5-14,18-19H,4,15-17H2,1-3H3,(H2,26,27,28);1H. The first-order chi connectivity index (χ1) is 14.7. The number of ether oxygens (including phenoxy) is 1. The van der Waals surface area contributed by atoms with Gasteiger partial charge in [-0.2, -0.15) is 0 Å². The van der Waals surface area contributed by atoms with Crippen LogP contribution < -0.4 is 10.6 Å². The van der Waals surface area contributed by atoms with Crippen molar-refractivity contribution >= 4 is 29.9 Å². The highest BCUT2D eigenvalue weighted by molar-refractivity contribution is 14.0. The zero-order chi connectivity index (χ0) is 21.2. The van der Waals surface area contributed by atoms with Crippen molar-refractivity contribution in [3.63, 3.8) is 0 Å². The van der Waals surface area contributed by atoms with Gasteiger partial charge in [0.1, 0.15) is 0 Å². The lowest BCUT2D eigenvalue weighted by molar-refractivity contribution is 0.179. The van der Waals surface area contributed by atoms with Gasteiger partial charge in [-0.1, -0.05) is 48.5 Å². The number of nitrogens with zero attached hydrogens (tertiary/aromatic N) is 3. The predicted octanol–water partition coefficient (Wildman–Crippen LogP) is 4.31. The SMILES string of the molecule is CCNC(=NCc1ccccc1-c1ccc(Cn2ccnc2)cc1)NC(C)COC.I. The average Bonchev–Trinajstić information content (AvgIpc) is 3.26. The molecule has 0 radical (unpaired) electrons. The van der Waals surface area contributed by atoms with Crippen LogP contribution in [0.15, 0.2) is 72.2 Å². The van der Waals surface area contributed by atoms with Gasteiger partial charge in [0.15, 0.2) is 5.96 Å². The zero-order valence-corrected chi connectivity index (χ0v) is 20.7. The molecule has 1 aromatic heterocycles. The summed E-state index contributed by atoms with van der Waals surface area (Å²) in [6.45, 7) is 7.01. The van der Waals surface area contributed by atoms with E-state index in [9.17, 15) is 0 Å². The molecule has 0 amide bonds. The molecule has 0 fully saturated rings. The summed E-state index contributed by atoms with van der Waals surface area (Å²) >= 11 is 0. The fourth-order valence-corrected chi connectivity index (χ4v) is 3.33.